The fourth-order valence-electron chi connectivity index (χ4n) is 3.39. The summed E-state index contributed by atoms with van der Waals surface area (Å²) in [6.07, 6.45) is 4.28. The molecule has 1 nitrogen and oxygen atoms in total. The number of benzene rings is 1. The van der Waals surface area contributed by atoms with Gasteiger partial charge in [-0.1, -0.05) is 57.3 Å². The lowest BCUT2D eigenvalue weighted by Crippen LogP contribution is -2.44. The highest BCUT2D eigenvalue weighted by Gasteiger charge is 2.45. The van der Waals surface area contributed by atoms with Gasteiger partial charge >= 0.3 is 0 Å². The molecular formula is C16H23ClO. The Morgan fingerprint density at radius 3 is 2.33 bits per heavy atom. The van der Waals surface area contributed by atoms with E-state index in [4.69, 9.17) is 11.6 Å². The molecule has 1 aromatic carbocycles. The molecule has 1 aromatic rings. The molecular weight excluding hydrogens is 244 g/mol. The van der Waals surface area contributed by atoms with Crippen LogP contribution >= 0.6 is 11.6 Å². The van der Waals surface area contributed by atoms with Crippen molar-refractivity contribution in [2.75, 3.05) is 0 Å². The van der Waals surface area contributed by atoms with E-state index in [1.165, 1.54) is 6.42 Å². The SMILES string of the molecule is CC(C)(C)C1CCCCC1(O)c1ccc(Cl)cc1. The van der Waals surface area contributed by atoms with Gasteiger partial charge in [0.25, 0.3) is 0 Å². The minimum atomic E-state index is -0.693. The smallest absolute Gasteiger partial charge is 0.0929 e. The highest BCUT2D eigenvalue weighted by atomic mass is 35.5. The molecule has 2 unspecified atom stereocenters. The Bertz CT molecular complexity index is 404. The Morgan fingerprint density at radius 1 is 1.17 bits per heavy atom. The zero-order chi connectivity index (χ0) is 13.4. The van der Waals surface area contributed by atoms with Crippen molar-refractivity contribution in [1.29, 1.82) is 0 Å². The molecule has 0 radical (unpaired) electrons. The van der Waals surface area contributed by atoms with Crippen molar-refractivity contribution in [3.05, 3.63) is 34.9 Å². The molecule has 18 heavy (non-hydrogen) atoms. The topological polar surface area (TPSA) is 20.2 Å². The molecule has 1 fully saturated rings. The van der Waals surface area contributed by atoms with Gasteiger partial charge in [0.15, 0.2) is 0 Å². The molecule has 0 saturated heterocycles. The van der Waals surface area contributed by atoms with Crippen molar-refractivity contribution in [3.63, 3.8) is 0 Å². The molecule has 0 bridgehead atoms. The first-order valence-corrected chi connectivity index (χ1v) is 7.20. The van der Waals surface area contributed by atoms with Gasteiger partial charge in [0.2, 0.25) is 0 Å². The van der Waals surface area contributed by atoms with Crippen LogP contribution in [-0.4, -0.2) is 5.11 Å². The molecule has 1 N–H and O–H groups in total. The van der Waals surface area contributed by atoms with Crippen LogP contribution in [0, 0.1) is 11.3 Å². The largest absolute Gasteiger partial charge is 0.385 e. The van der Waals surface area contributed by atoms with Crippen LogP contribution in [0.3, 0.4) is 0 Å². The van der Waals surface area contributed by atoms with Crippen LogP contribution in [0.2, 0.25) is 5.02 Å². The van der Waals surface area contributed by atoms with E-state index >= 15 is 0 Å². The molecule has 2 atom stereocenters. The standard InChI is InChI=1S/C16H23ClO/c1-15(2,3)14-6-4-5-11-16(14,18)12-7-9-13(17)10-8-12/h7-10,14,18H,4-6,11H2,1-3H3. The first-order chi connectivity index (χ1) is 8.34. The highest BCUT2D eigenvalue weighted by molar-refractivity contribution is 6.30. The molecule has 1 aliphatic carbocycles. The maximum atomic E-state index is 11.2. The normalized spacial score (nSPS) is 29.3. The third-order valence-corrected chi connectivity index (χ3v) is 4.52. The maximum Gasteiger partial charge on any atom is 0.0929 e. The summed E-state index contributed by atoms with van der Waals surface area (Å²) in [5, 5.41) is 11.9. The molecule has 2 heteroatoms. The van der Waals surface area contributed by atoms with E-state index in [0.717, 1.165) is 29.8 Å². The molecule has 0 spiro atoms. The summed E-state index contributed by atoms with van der Waals surface area (Å²) < 4.78 is 0. The second-order valence-corrected chi connectivity index (χ2v) is 7.03. The maximum absolute atomic E-state index is 11.2. The van der Waals surface area contributed by atoms with Gasteiger partial charge < -0.3 is 5.11 Å². The molecule has 1 aliphatic rings. The van der Waals surface area contributed by atoms with Crippen molar-refractivity contribution < 1.29 is 5.11 Å². The third-order valence-electron chi connectivity index (χ3n) is 4.27. The predicted octanol–water partition coefficient (Wildman–Crippen LogP) is 4.76. The second-order valence-electron chi connectivity index (χ2n) is 6.60. The summed E-state index contributed by atoms with van der Waals surface area (Å²) in [6, 6.07) is 7.71. The van der Waals surface area contributed by atoms with E-state index in [-0.39, 0.29) is 5.41 Å². The van der Waals surface area contributed by atoms with Crippen molar-refractivity contribution in [1.82, 2.24) is 0 Å². The molecule has 0 amide bonds. The number of hydrogen-bond donors (Lipinski definition) is 1. The Balaban J connectivity index is 2.39. The molecule has 100 valence electrons. The van der Waals surface area contributed by atoms with Crippen LogP contribution in [0.4, 0.5) is 0 Å². The lowest BCUT2D eigenvalue weighted by molar-refractivity contribution is -0.0959. The lowest BCUT2D eigenvalue weighted by Gasteiger charge is -2.47. The van der Waals surface area contributed by atoms with Crippen molar-refractivity contribution in [2.45, 2.75) is 52.1 Å². The molecule has 0 aliphatic heterocycles. The van der Waals surface area contributed by atoms with E-state index in [0.29, 0.717) is 5.92 Å². The van der Waals surface area contributed by atoms with Crippen molar-refractivity contribution >= 4 is 11.6 Å². The minimum absolute atomic E-state index is 0.120. The van der Waals surface area contributed by atoms with Gasteiger partial charge in [-0.25, -0.2) is 0 Å². The quantitative estimate of drug-likeness (QED) is 0.777. The Labute approximate surface area is 115 Å². The van der Waals surface area contributed by atoms with E-state index < -0.39 is 5.60 Å². The van der Waals surface area contributed by atoms with Crippen LogP contribution in [-0.2, 0) is 5.60 Å². The van der Waals surface area contributed by atoms with Gasteiger partial charge in [0.1, 0.15) is 0 Å². The minimum Gasteiger partial charge on any atom is -0.385 e. The summed E-state index contributed by atoms with van der Waals surface area (Å²) in [7, 11) is 0. The average Bonchev–Trinajstić information content (AvgIpc) is 2.28. The van der Waals surface area contributed by atoms with Crippen LogP contribution in [0.25, 0.3) is 0 Å². The van der Waals surface area contributed by atoms with Gasteiger partial charge in [0.05, 0.1) is 5.60 Å². The van der Waals surface area contributed by atoms with Crippen LogP contribution in [0.1, 0.15) is 52.0 Å². The van der Waals surface area contributed by atoms with E-state index in [9.17, 15) is 5.11 Å². The molecule has 0 heterocycles. The summed E-state index contributed by atoms with van der Waals surface area (Å²) in [6.45, 7) is 6.68. The van der Waals surface area contributed by atoms with E-state index in [1.54, 1.807) is 0 Å². The van der Waals surface area contributed by atoms with E-state index in [1.807, 2.05) is 24.3 Å². The zero-order valence-electron chi connectivity index (χ0n) is 11.5. The lowest BCUT2D eigenvalue weighted by atomic mass is 9.61. The van der Waals surface area contributed by atoms with E-state index in [2.05, 4.69) is 20.8 Å². The fourth-order valence-corrected chi connectivity index (χ4v) is 3.52. The molecule has 0 aromatic heterocycles. The number of aliphatic hydroxyl groups is 1. The Morgan fingerprint density at radius 2 is 1.78 bits per heavy atom. The Kier molecular flexibility index (Phi) is 3.75. The monoisotopic (exact) mass is 266 g/mol. The first-order valence-electron chi connectivity index (χ1n) is 6.82. The second kappa shape index (κ2) is 4.86. The zero-order valence-corrected chi connectivity index (χ0v) is 12.3. The van der Waals surface area contributed by atoms with Crippen LogP contribution < -0.4 is 0 Å². The van der Waals surface area contributed by atoms with Gasteiger partial charge in [0, 0.05) is 5.02 Å². The van der Waals surface area contributed by atoms with Crippen molar-refractivity contribution in [3.8, 4) is 0 Å². The number of hydrogen-bond acceptors (Lipinski definition) is 1. The van der Waals surface area contributed by atoms with Gasteiger partial charge in [-0.3, -0.25) is 0 Å². The number of rotatable bonds is 1. The van der Waals surface area contributed by atoms with Gasteiger partial charge in [-0.2, -0.15) is 0 Å². The van der Waals surface area contributed by atoms with Crippen LogP contribution in [0.15, 0.2) is 24.3 Å². The third kappa shape index (κ3) is 2.57. The average molecular weight is 267 g/mol. The fraction of sp³-hybridized carbons (Fsp3) is 0.625. The first kappa shape index (κ1) is 13.9. The van der Waals surface area contributed by atoms with Crippen molar-refractivity contribution in [2.24, 2.45) is 11.3 Å². The Hall–Kier alpha value is -0.530. The van der Waals surface area contributed by atoms with Gasteiger partial charge in [-0.15, -0.1) is 0 Å². The summed E-state index contributed by atoms with van der Waals surface area (Å²) >= 11 is 5.94. The number of halogens is 1. The molecule has 2 rings (SSSR count). The molecule has 1 saturated carbocycles. The summed E-state index contributed by atoms with van der Waals surface area (Å²) in [5.41, 5.74) is 0.446. The summed E-state index contributed by atoms with van der Waals surface area (Å²) in [4.78, 5) is 0. The van der Waals surface area contributed by atoms with Crippen LogP contribution in [0.5, 0.6) is 0 Å². The predicted molar refractivity (Wildman–Crippen MR) is 76.8 cm³/mol. The summed E-state index contributed by atoms with van der Waals surface area (Å²) in [5.74, 6) is 0.305. The van der Waals surface area contributed by atoms with Gasteiger partial charge in [-0.05, 0) is 41.9 Å². The highest BCUT2D eigenvalue weighted by Crippen LogP contribution is 2.49.